The zero-order valence-electron chi connectivity index (χ0n) is 8.06. The Hall–Kier alpha value is -1.43. The van der Waals surface area contributed by atoms with Crippen LogP contribution in [-0.4, -0.2) is 20.0 Å². The maximum absolute atomic E-state index is 5.59. The molecule has 0 unspecified atom stereocenters. The van der Waals surface area contributed by atoms with Crippen molar-refractivity contribution in [2.45, 2.75) is 20.4 Å². The van der Waals surface area contributed by atoms with E-state index in [1.807, 2.05) is 19.2 Å². The summed E-state index contributed by atoms with van der Waals surface area (Å²) in [6.45, 7) is 4.52. The first-order chi connectivity index (χ1) is 6.66. The van der Waals surface area contributed by atoms with Crippen LogP contribution in [0.25, 0.3) is 0 Å². The van der Waals surface area contributed by atoms with E-state index in [1.165, 1.54) is 0 Å². The van der Waals surface area contributed by atoms with Gasteiger partial charge >= 0.3 is 0 Å². The molecule has 0 saturated heterocycles. The highest BCUT2D eigenvalue weighted by molar-refractivity contribution is 7.09. The molecular weight excluding hydrogens is 198 g/mol. The van der Waals surface area contributed by atoms with Gasteiger partial charge in [0.25, 0.3) is 0 Å². The molecule has 2 rings (SSSR count). The number of aryl methyl sites for hydroxylation is 1. The van der Waals surface area contributed by atoms with Crippen molar-refractivity contribution in [1.82, 2.24) is 20.0 Å². The lowest BCUT2D eigenvalue weighted by atomic mass is 10.5. The maximum Gasteiger partial charge on any atom is 0.168 e. The van der Waals surface area contributed by atoms with Crippen molar-refractivity contribution in [2.75, 3.05) is 5.73 Å². The zero-order chi connectivity index (χ0) is 10.1. The minimum atomic E-state index is 0.485. The number of hydrogen-bond acceptors (Lipinski definition) is 5. The van der Waals surface area contributed by atoms with Crippen LogP contribution in [0.2, 0.25) is 0 Å². The summed E-state index contributed by atoms with van der Waals surface area (Å²) in [5.41, 5.74) is 7.51. The van der Waals surface area contributed by atoms with Crippen LogP contribution in [0.5, 0.6) is 0 Å². The lowest BCUT2D eigenvalue weighted by Crippen LogP contribution is -2.04. The molecule has 0 aliphatic heterocycles. The summed E-state index contributed by atoms with van der Waals surface area (Å²) in [6, 6.07) is 0. The lowest BCUT2D eigenvalue weighted by Gasteiger charge is -1.98. The van der Waals surface area contributed by atoms with E-state index in [-0.39, 0.29) is 0 Å². The Kier molecular flexibility index (Phi) is 2.20. The summed E-state index contributed by atoms with van der Waals surface area (Å²) in [5, 5.41) is 10.8. The van der Waals surface area contributed by atoms with Gasteiger partial charge in [0.15, 0.2) is 5.82 Å². The SMILES string of the molecule is Cc1csc(Cn2nnc(N)c2C)n1. The topological polar surface area (TPSA) is 69.6 Å². The average Bonchev–Trinajstić information content (AvgIpc) is 2.67. The first-order valence-corrected chi connectivity index (χ1v) is 5.11. The van der Waals surface area contributed by atoms with Gasteiger partial charge < -0.3 is 5.73 Å². The van der Waals surface area contributed by atoms with Gasteiger partial charge in [0.05, 0.1) is 12.2 Å². The number of rotatable bonds is 2. The van der Waals surface area contributed by atoms with Crippen LogP contribution in [0.15, 0.2) is 5.38 Å². The number of hydrogen-bond donors (Lipinski definition) is 1. The fourth-order valence-corrected chi connectivity index (χ4v) is 1.88. The van der Waals surface area contributed by atoms with E-state index < -0.39 is 0 Å². The average molecular weight is 209 g/mol. The first kappa shape index (κ1) is 9.14. The molecule has 2 heterocycles. The van der Waals surface area contributed by atoms with E-state index in [0.717, 1.165) is 16.4 Å². The smallest absolute Gasteiger partial charge is 0.168 e. The van der Waals surface area contributed by atoms with Gasteiger partial charge in [0.2, 0.25) is 0 Å². The summed E-state index contributed by atoms with van der Waals surface area (Å²) < 4.78 is 1.76. The van der Waals surface area contributed by atoms with E-state index in [2.05, 4.69) is 15.3 Å². The van der Waals surface area contributed by atoms with E-state index >= 15 is 0 Å². The van der Waals surface area contributed by atoms with Gasteiger partial charge in [0, 0.05) is 11.1 Å². The monoisotopic (exact) mass is 209 g/mol. The fourth-order valence-electron chi connectivity index (χ4n) is 1.13. The minimum Gasteiger partial charge on any atom is -0.381 e. The highest BCUT2D eigenvalue weighted by Crippen LogP contribution is 2.12. The van der Waals surface area contributed by atoms with E-state index in [4.69, 9.17) is 5.73 Å². The normalized spacial score (nSPS) is 10.7. The molecule has 5 nitrogen and oxygen atoms in total. The minimum absolute atomic E-state index is 0.485. The Morgan fingerprint density at radius 2 is 2.29 bits per heavy atom. The molecule has 2 N–H and O–H groups in total. The Balaban J connectivity index is 2.22. The van der Waals surface area contributed by atoms with Gasteiger partial charge in [-0.1, -0.05) is 5.21 Å². The molecular formula is C8H11N5S. The number of nitrogens with zero attached hydrogens (tertiary/aromatic N) is 4. The second kappa shape index (κ2) is 3.38. The Bertz CT molecular complexity index is 444. The summed E-state index contributed by atoms with van der Waals surface area (Å²) in [4.78, 5) is 4.35. The highest BCUT2D eigenvalue weighted by atomic mass is 32.1. The molecule has 0 atom stereocenters. The van der Waals surface area contributed by atoms with Crippen molar-refractivity contribution in [1.29, 1.82) is 0 Å². The summed E-state index contributed by atoms with van der Waals surface area (Å²) in [6.07, 6.45) is 0. The molecule has 0 aliphatic rings. The van der Waals surface area contributed by atoms with Crippen molar-refractivity contribution in [3.8, 4) is 0 Å². The molecule has 0 aromatic carbocycles. The second-order valence-corrected chi connectivity index (χ2v) is 4.04. The van der Waals surface area contributed by atoms with Crippen LogP contribution in [0.3, 0.4) is 0 Å². The van der Waals surface area contributed by atoms with E-state index in [0.29, 0.717) is 12.4 Å². The standard InChI is InChI=1S/C8H11N5S/c1-5-4-14-7(10-5)3-13-6(2)8(9)11-12-13/h4H,3,9H2,1-2H3. The molecule has 6 heteroatoms. The lowest BCUT2D eigenvalue weighted by molar-refractivity contribution is 0.630. The quantitative estimate of drug-likeness (QED) is 0.800. The van der Waals surface area contributed by atoms with Crippen LogP contribution in [-0.2, 0) is 6.54 Å². The highest BCUT2D eigenvalue weighted by Gasteiger charge is 2.06. The third-order valence-corrected chi connectivity index (χ3v) is 2.92. The number of thiazole rings is 1. The molecule has 2 aromatic heterocycles. The molecule has 0 radical (unpaired) electrons. The molecule has 14 heavy (non-hydrogen) atoms. The molecule has 0 amide bonds. The van der Waals surface area contributed by atoms with Crippen LogP contribution in [0.1, 0.15) is 16.4 Å². The van der Waals surface area contributed by atoms with Gasteiger partial charge in [-0.3, -0.25) is 0 Å². The number of nitrogens with two attached hydrogens (primary N) is 1. The number of aromatic nitrogens is 4. The van der Waals surface area contributed by atoms with Crippen molar-refractivity contribution in [3.63, 3.8) is 0 Å². The molecule has 0 fully saturated rings. The van der Waals surface area contributed by atoms with E-state index in [9.17, 15) is 0 Å². The summed E-state index contributed by atoms with van der Waals surface area (Å²) >= 11 is 1.62. The molecule has 74 valence electrons. The van der Waals surface area contributed by atoms with Crippen molar-refractivity contribution < 1.29 is 0 Å². The predicted molar refractivity (Wildman–Crippen MR) is 55.1 cm³/mol. The maximum atomic E-state index is 5.59. The summed E-state index contributed by atoms with van der Waals surface area (Å²) in [7, 11) is 0. The van der Waals surface area contributed by atoms with Gasteiger partial charge in [-0.15, -0.1) is 16.4 Å². The predicted octanol–water partition coefficient (Wildman–Crippen LogP) is 0.982. The van der Waals surface area contributed by atoms with Gasteiger partial charge in [-0.25, -0.2) is 9.67 Å². The molecule has 0 aliphatic carbocycles. The molecule has 2 aromatic rings. The third-order valence-electron chi connectivity index (χ3n) is 1.97. The Labute approximate surface area is 85.6 Å². The fraction of sp³-hybridized carbons (Fsp3) is 0.375. The molecule has 0 saturated carbocycles. The number of anilines is 1. The van der Waals surface area contributed by atoms with Gasteiger partial charge in [-0.05, 0) is 13.8 Å². The first-order valence-electron chi connectivity index (χ1n) is 4.23. The van der Waals surface area contributed by atoms with Crippen molar-refractivity contribution in [2.24, 2.45) is 0 Å². The molecule has 0 bridgehead atoms. The van der Waals surface area contributed by atoms with Gasteiger partial charge in [0.1, 0.15) is 5.01 Å². The Morgan fingerprint density at radius 1 is 1.50 bits per heavy atom. The van der Waals surface area contributed by atoms with Crippen molar-refractivity contribution >= 4 is 17.2 Å². The van der Waals surface area contributed by atoms with Crippen LogP contribution in [0.4, 0.5) is 5.82 Å². The summed E-state index contributed by atoms with van der Waals surface area (Å²) in [5.74, 6) is 0.485. The van der Waals surface area contributed by atoms with E-state index in [1.54, 1.807) is 16.0 Å². The van der Waals surface area contributed by atoms with Crippen LogP contribution < -0.4 is 5.73 Å². The second-order valence-electron chi connectivity index (χ2n) is 3.10. The third kappa shape index (κ3) is 1.60. The van der Waals surface area contributed by atoms with Crippen LogP contribution >= 0.6 is 11.3 Å². The zero-order valence-corrected chi connectivity index (χ0v) is 8.88. The van der Waals surface area contributed by atoms with Gasteiger partial charge in [-0.2, -0.15) is 0 Å². The molecule has 0 spiro atoms. The largest absolute Gasteiger partial charge is 0.381 e. The van der Waals surface area contributed by atoms with Crippen molar-refractivity contribution in [3.05, 3.63) is 21.8 Å². The Morgan fingerprint density at radius 3 is 2.79 bits per heavy atom. The number of nitrogen functional groups attached to an aromatic ring is 1. The van der Waals surface area contributed by atoms with Crippen LogP contribution in [0, 0.1) is 13.8 Å².